The van der Waals surface area contributed by atoms with Crippen molar-refractivity contribution in [1.29, 1.82) is 0 Å². The Hall–Kier alpha value is -2.34. The molecule has 1 aliphatic rings. The van der Waals surface area contributed by atoms with E-state index in [1.165, 1.54) is 0 Å². The van der Waals surface area contributed by atoms with Crippen LogP contribution in [0.2, 0.25) is 0 Å². The molecule has 0 aromatic heterocycles. The van der Waals surface area contributed by atoms with E-state index < -0.39 is 6.04 Å². The van der Waals surface area contributed by atoms with Gasteiger partial charge in [0.1, 0.15) is 5.75 Å². The predicted octanol–water partition coefficient (Wildman–Crippen LogP) is 1.38. The number of nitrogens with zero attached hydrogens (tertiary/aromatic N) is 2. The smallest absolute Gasteiger partial charge is 0.237 e. The number of nitrogens with one attached hydrogen (secondary N) is 1. The number of para-hydroxylation sites is 1. The molecule has 136 valence electrons. The molecule has 6 nitrogen and oxygen atoms in total. The van der Waals surface area contributed by atoms with Gasteiger partial charge in [-0.3, -0.25) is 14.5 Å². The Morgan fingerprint density at radius 3 is 2.92 bits per heavy atom. The number of benzene rings is 1. The van der Waals surface area contributed by atoms with Gasteiger partial charge in [-0.15, -0.1) is 0 Å². The van der Waals surface area contributed by atoms with Crippen molar-refractivity contribution in [2.24, 2.45) is 0 Å². The molecule has 1 aromatic rings. The molecular formula is C19H27N3O3. The zero-order chi connectivity index (χ0) is 18.2. The zero-order valence-corrected chi connectivity index (χ0v) is 15.2. The van der Waals surface area contributed by atoms with Gasteiger partial charge in [0.2, 0.25) is 11.8 Å². The number of ether oxygens (including phenoxy) is 1. The number of amides is 2. The summed E-state index contributed by atoms with van der Waals surface area (Å²) in [6.07, 6.45) is 4.21. The second kappa shape index (κ2) is 9.22. The molecule has 1 aromatic carbocycles. The summed E-state index contributed by atoms with van der Waals surface area (Å²) in [5, 5.41) is 2.86. The van der Waals surface area contributed by atoms with Crippen LogP contribution < -0.4 is 10.1 Å². The lowest BCUT2D eigenvalue weighted by molar-refractivity contribution is -0.137. The first-order valence-corrected chi connectivity index (χ1v) is 8.62. The number of methoxy groups -OCH3 is 1. The van der Waals surface area contributed by atoms with Crippen LogP contribution in [0.5, 0.6) is 5.75 Å². The second-order valence-electron chi connectivity index (χ2n) is 6.06. The minimum absolute atomic E-state index is 0.0109. The van der Waals surface area contributed by atoms with Crippen molar-refractivity contribution in [3.63, 3.8) is 0 Å². The van der Waals surface area contributed by atoms with Crippen LogP contribution >= 0.6 is 0 Å². The Morgan fingerprint density at radius 1 is 1.44 bits per heavy atom. The molecule has 1 aliphatic heterocycles. The topological polar surface area (TPSA) is 61.9 Å². The van der Waals surface area contributed by atoms with E-state index in [-0.39, 0.29) is 18.2 Å². The molecule has 2 rings (SSSR count). The first-order chi connectivity index (χ1) is 12.1. The Bertz CT molecular complexity index is 630. The van der Waals surface area contributed by atoms with Gasteiger partial charge in [-0.1, -0.05) is 30.4 Å². The fourth-order valence-electron chi connectivity index (χ4n) is 2.82. The van der Waals surface area contributed by atoms with Gasteiger partial charge in [-0.2, -0.15) is 0 Å². The summed E-state index contributed by atoms with van der Waals surface area (Å²) in [6.45, 7) is 4.51. The number of rotatable bonds is 7. The third-order valence-corrected chi connectivity index (χ3v) is 4.49. The summed E-state index contributed by atoms with van der Waals surface area (Å²) in [5.74, 6) is 0.726. The minimum Gasteiger partial charge on any atom is -0.496 e. The van der Waals surface area contributed by atoms with Crippen LogP contribution in [0.1, 0.15) is 18.9 Å². The maximum atomic E-state index is 12.2. The van der Waals surface area contributed by atoms with Crippen LogP contribution in [0.3, 0.4) is 0 Å². The molecule has 0 saturated carbocycles. The maximum Gasteiger partial charge on any atom is 0.237 e. The molecule has 1 atom stereocenters. The number of carbonyl (C=O) groups is 2. The number of hydrogen-bond acceptors (Lipinski definition) is 4. The van der Waals surface area contributed by atoms with Crippen molar-refractivity contribution in [2.75, 3.05) is 40.3 Å². The van der Waals surface area contributed by atoms with Crippen LogP contribution in [0.25, 0.3) is 6.08 Å². The summed E-state index contributed by atoms with van der Waals surface area (Å²) < 4.78 is 5.34. The lowest BCUT2D eigenvalue weighted by Gasteiger charge is -2.34. The summed E-state index contributed by atoms with van der Waals surface area (Å²) in [7, 11) is 3.41. The highest BCUT2D eigenvalue weighted by Gasteiger charge is 2.31. The SMILES string of the molecule is CCN(C)C(=O)CC1C(=O)NCCN1C/C=C/c1ccccc1OC. The molecule has 1 heterocycles. The van der Waals surface area contributed by atoms with Gasteiger partial charge < -0.3 is 15.0 Å². The molecule has 2 amide bonds. The highest BCUT2D eigenvalue weighted by Crippen LogP contribution is 2.19. The molecule has 1 fully saturated rings. The standard InChI is InChI=1S/C19H27N3O3/c1-4-21(2)18(23)14-16-19(24)20-11-13-22(16)12-7-9-15-8-5-6-10-17(15)25-3/h5-10,16H,4,11-14H2,1-3H3,(H,20,24)/b9-7+. The van der Waals surface area contributed by atoms with Crippen molar-refractivity contribution in [2.45, 2.75) is 19.4 Å². The minimum atomic E-state index is -0.419. The van der Waals surface area contributed by atoms with Crippen LogP contribution in [-0.2, 0) is 9.59 Å². The largest absolute Gasteiger partial charge is 0.496 e. The average molecular weight is 345 g/mol. The van der Waals surface area contributed by atoms with E-state index in [4.69, 9.17) is 4.74 Å². The highest BCUT2D eigenvalue weighted by molar-refractivity contribution is 5.88. The quantitative estimate of drug-likeness (QED) is 0.811. The Morgan fingerprint density at radius 2 is 2.20 bits per heavy atom. The van der Waals surface area contributed by atoms with E-state index in [0.717, 1.165) is 17.9 Å². The van der Waals surface area contributed by atoms with Crippen molar-refractivity contribution in [1.82, 2.24) is 15.1 Å². The third kappa shape index (κ3) is 5.06. The molecular weight excluding hydrogens is 318 g/mol. The van der Waals surface area contributed by atoms with Crippen molar-refractivity contribution in [3.8, 4) is 5.75 Å². The summed E-state index contributed by atoms with van der Waals surface area (Å²) in [5.41, 5.74) is 0.991. The monoisotopic (exact) mass is 345 g/mol. The first-order valence-electron chi connectivity index (χ1n) is 8.62. The van der Waals surface area contributed by atoms with Gasteiger partial charge in [0.15, 0.2) is 0 Å². The molecule has 1 saturated heterocycles. The lowest BCUT2D eigenvalue weighted by atomic mass is 10.1. The third-order valence-electron chi connectivity index (χ3n) is 4.49. The van der Waals surface area contributed by atoms with Gasteiger partial charge in [-0.05, 0) is 13.0 Å². The van der Waals surface area contributed by atoms with E-state index >= 15 is 0 Å². The van der Waals surface area contributed by atoms with Gasteiger partial charge in [0.05, 0.1) is 19.6 Å². The molecule has 0 spiro atoms. The van der Waals surface area contributed by atoms with E-state index in [1.54, 1.807) is 19.1 Å². The fraction of sp³-hybridized carbons (Fsp3) is 0.474. The van der Waals surface area contributed by atoms with Crippen molar-refractivity contribution in [3.05, 3.63) is 35.9 Å². The normalized spacial score (nSPS) is 18.2. The van der Waals surface area contributed by atoms with Crippen LogP contribution in [0, 0.1) is 0 Å². The van der Waals surface area contributed by atoms with E-state index in [9.17, 15) is 9.59 Å². The Labute approximate surface area is 149 Å². The van der Waals surface area contributed by atoms with E-state index in [0.29, 0.717) is 19.6 Å². The van der Waals surface area contributed by atoms with Gasteiger partial charge in [-0.25, -0.2) is 0 Å². The Kier molecular flexibility index (Phi) is 7.01. The van der Waals surface area contributed by atoms with Crippen LogP contribution in [0.15, 0.2) is 30.3 Å². The van der Waals surface area contributed by atoms with Crippen molar-refractivity contribution < 1.29 is 14.3 Å². The predicted molar refractivity (Wildman–Crippen MR) is 98.3 cm³/mol. The van der Waals surface area contributed by atoms with Gasteiger partial charge in [0.25, 0.3) is 0 Å². The summed E-state index contributed by atoms with van der Waals surface area (Å²) in [6, 6.07) is 7.36. The number of hydrogen-bond donors (Lipinski definition) is 1. The summed E-state index contributed by atoms with van der Waals surface area (Å²) in [4.78, 5) is 28.1. The fourth-order valence-corrected chi connectivity index (χ4v) is 2.82. The number of piperazine rings is 1. The summed E-state index contributed by atoms with van der Waals surface area (Å²) >= 11 is 0. The van der Waals surface area contributed by atoms with Crippen LogP contribution in [-0.4, -0.2) is 68.0 Å². The lowest BCUT2D eigenvalue weighted by Crippen LogP contribution is -2.56. The first kappa shape index (κ1) is 19.0. The van der Waals surface area contributed by atoms with Crippen LogP contribution in [0.4, 0.5) is 0 Å². The van der Waals surface area contributed by atoms with E-state index in [1.807, 2.05) is 48.2 Å². The molecule has 0 aliphatic carbocycles. The maximum absolute atomic E-state index is 12.2. The van der Waals surface area contributed by atoms with E-state index in [2.05, 4.69) is 5.32 Å². The van der Waals surface area contributed by atoms with Gasteiger partial charge in [0, 0.05) is 38.8 Å². The molecule has 1 N–H and O–H groups in total. The highest BCUT2D eigenvalue weighted by atomic mass is 16.5. The molecule has 0 bridgehead atoms. The molecule has 1 unspecified atom stereocenters. The molecule has 25 heavy (non-hydrogen) atoms. The zero-order valence-electron chi connectivity index (χ0n) is 15.2. The second-order valence-corrected chi connectivity index (χ2v) is 6.06. The average Bonchev–Trinajstić information content (AvgIpc) is 2.63. The van der Waals surface area contributed by atoms with Gasteiger partial charge >= 0.3 is 0 Å². The molecule has 6 heteroatoms. The Balaban J connectivity index is 2.03. The molecule has 0 radical (unpaired) electrons. The number of carbonyl (C=O) groups excluding carboxylic acids is 2. The van der Waals surface area contributed by atoms with Crippen molar-refractivity contribution >= 4 is 17.9 Å².